The third kappa shape index (κ3) is 1.36. The Labute approximate surface area is 64.7 Å². The van der Waals surface area contributed by atoms with Crippen LogP contribution >= 0.6 is 0 Å². The molecule has 0 spiro atoms. The molecule has 1 aromatic rings. The molecule has 0 fully saturated rings. The highest BCUT2D eigenvalue weighted by molar-refractivity contribution is 5.23. The van der Waals surface area contributed by atoms with Crippen molar-refractivity contribution >= 4 is 5.95 Å². The van der Waals surface area contributed by atoms with E-state index in [0.29, 0.717) is 11.6 Å². The van der Waals surface area contributed by atoms with Crippen molar-refractivity contribution in [3.63, 3.8) is 0 Å². The molecule has 1 rings (SSSR count). The summed E-state index contributed by atoms with van der Waals surface area (Å²) in [6.45, 7) is 1.68. The van der Waals surface area contributed by atoms with Crippen molar-refractivity contribution in [3.05, 3.63) is 5.69 Å². The topological polar surface area (TPSA) is 64.8 Å². The number of aryl methyl sites for hydroxylation is 1. The number of rotatable bonds is 1. The molecule has 5 nitrogen and oxygen atoms in total. The summed E-state index contributed by atoms with van der Waals surface area (Å²) in [6, 6.07) is 0. The van der Waals surface area contributed by atoms with E-state index in [-0.39, 0.29) is 5.88 Å². The quantitative estimate of drug-likeness (QED) is 0.512. The van der Waals surface area contributed by atoms with E-state index in [0.717, 1.165) is 0 Å². The molecule has 1 N–H and O–H groups in total. The van der Waals surface area contributed by atoms with Gasteiger partial charge >= 0.3 is 0 Å². The highest BCUT2D eigenvalue weighted by Crippen LogP contribution is 2.03. The second kappa shape index (κ2) is 2.69. The van der Waals surface area contributed by atoms with E-state index < -0.39 is 0 Å². The molecule has 0 aliphatic heterocycles. The number of anilines is 1. The zero-order valence-electron chi connectivity index (χ0n) is 6.75. The first-order chi connectivity index (χ1) is 5.15. The van der Waals surface area contributed by atoms with E-state index in [1.165, 1.54) is 4.68 Å². The van der Waals surface area contributed by atoms with Gasteiger partial charge in [-0.2, -0.15) is 0 Å². The molecule has 60 valence electrons. The lowest BCUT2D eigenvalue weighted by molar-refractivity contribution is -0.738. The number of nitrogens with one attached hydrogen (secondary N) is 1. The second-order valence-corrected chi connectivity index (χ2v) is 2.20. The molecule has 0 aromatic carbocycles. The summed E-state index contributed by atoms with van der Waals surface area (Å²) in [6.07, 6.45) is 0. The monoisotopic (exact) mass is 154 g/mol. The van der Waals surface area contributed by atoms with Crippen molar-refractivity contribution in [3.8, 4) is 5.88 Å². The first kappa shape index (κ1) is 7.71. The van der Waals surface area contributed by atoms with Crippen molar-refractivity contribution in [1.29, 1.82) is 0 Å². The van der Waals surface area contributed by atoms with Crippen LogP contribution in [0.25, 0.3) is 0 Å². The van der Waals surface area contributed by atoms with Crippen LogP contribution < -0.4 is 15.1 Å². The number of hydrogen-bond acceptors (Lipinski definition) is 4. The van der Waals surface area contributed by atoms with Gasteiger partial charge in [0, 0.05) is 19.1 Å². The van der Waals surface area contributed by atoms with Gasteiger partial charge in [-0.05, 0) is 0 Å². The van der Waals surface area contributed by atoms with Crippen LogP contribution in [-0.2, 0) is 7.05 Å². The van der Waals surface area contributed by atoms with Crippen LogP contribution in [0.2, 0.25) is 0 Å². The minimum absolute atomic E-state index is 0.244. The zero-order chi connectivity index (χ0) is 8.43. The molecule has 0 amide bonds. The summed E-state index contributed by atoms with van der Waals surface area (Å²) < 4.78 is 1.50. The smallest absolute Gasteiger partial charge is 0.287 e. The summed E-state index contributed by atoms with van der Waals surface area (Å²) in [7, 11) is 3.38. The van der Waals surface area contributed by atoms with Gasteiger partial charge in [0.05, 0.1) is 5.88 Å². The van der Waals surface area contributed by atoms with E-state index in [1.807, 2.05) is 0 Å². The zero-order valence-corrected chi connectivity index (χ0v) is 6.75. The predicted octanol–water partition coefficient (Wildman–Crippen LogP) is -1.28. The number of aromatic nitrogens is 3. The Bertz CT molecular complexity index is 250. The van der Waals surface area contributed by atoms with E-state index in [1.54, 1.807) is 21.0 Å². The molecule has 0 bridgehead atoms. The Hall–Kier alpha value is -1.39. The molecule has 0 aliphatic rings. The van der Waals surface area contributed by atoms with Crippen LogP contribution in [-0.4, -0.2) is 17.1 Å². The molecule has 0 aliphatic carbocycles. The molecule has 5 heteroatoms. The standard InChI is InChI=1S/C6H10N4O/c1-4-5(11)8-6(7-2)9-10(4)3/h1-3H3,(H-,7,8,9,11). The molecular weight excluding hydrogens is 144 g/mol. The third-order valence-corrected chi connectivity index (χ3v) is 1.47. The van der Waals surface area contributed by atoms with E-state index >= 15 is 0 Å². The largest absolute Gasteiger partial charge is 0.854 e. The van der Waals surface area contributed by atoms with Gasteiger partial charge in [0.15, 0.2) is 7.05 Å². The van der Waals surface area contributed by atoms with E-state index in [4.69, 9.17) is 0 Å². The van der Waals surface area contributed by atoms with Gasteiger partial charge in [-0.1, -0.05) is 4.68 Å². The Morgan fingerprint density at radius 1 is 1.55 bits per heavy atom. The number of nitrogens with zero attached hydrogens (tertiary/aromatic N) is 3. The minimum atomic E-state index is -0.244. The maximum absolute atomic E-state index is 11.0. The fourth-order valence-electron chi connectivity index (χ4n) is 0.661. The van der Waals surface area contributed by atoms with Crippen molar-refractivity contribution in [2.24, 2.45) is 7.05 Å². The molecule has 0 radical (unpaired) electrons. The molecular formula is C6H10N4O. The Kier molecular flexibility index (Phi) is 1.89. The fourth-order valence-corrected chi connectivity index (χ4v) is 0.661. The van der Waals surface area contributed by atoms with Gasteiger partial charge in [-0.25, -0.2) is 4.98 Å². The second-order valence-electron chi connectivity index (χ2n) is 2.20. The molecule has 0 unspecified atom stereocenters. The van der Waals surface area contributed by atoms with Gasteiger partial charge in [0.1, 0.15) is 0 Å². The van der Waals surface area contributed by atoms with Crippen LogP contribution in [0.1, 0.15) is 5.69 Å². The van der Waals surface area contributed by atoms with Crippen LogP contribution in [0, 0.1) is 6.92 Å². The van der Waals surface area contributed by atoms with Gasteiger partial charge in [-0.3, -0.25) is 0 Å². The van der Waals surface area contributed by atoms with Crippen molar-refractivity contribution in [1.82, 2.24) is 10.1 Å². The summed E-state index contributed by atoms with van der Waals surface area (Å²) in [5.41, 5.74) is 0.531. The van der Waals surface area contributed by atoms with Crippen molar-refractivity contribution < 1.29 is 9.79 Å². The Morgan fingerprint density at radius 3 is 2.64 bits per heavy atom. The third-order valence-electron chi connectivity index (χ3n) is 1.47. The fraction of sp³-hybridized carbons (Fsp3) is 0.500. The highest BCUT2D eigenvalue weighted by Gasteiger charge is 2.06. The normalized spacial score (nSPS) is 9.73. The molecule has 1 aromatic heterocycles. The lowest BCUT2D eigenvalue weighted by atomic mass is 10.5. The summed E-state index contributed by atoms with van der Waals surface area (Å²) in [4.78, 5) is 3.65. The van der Waals surface area contributed by atoms with E-state index in [9.17, 15) is 5.11 Å². The van der Waals surface area contributed by atoms with Crippen LogP contribution in [0.5, 0.6) is 5.88 Å². The predicted molar refractivity (Wildman–Crippen MR) is 36.9 cm³/mol. The van der Waals surface area contributed by atoms with Crippen LogP contribution in [0.15, 0.2) is 0 Å². The summed E-state index contributed by atoms with van der Waals surface area (Å²) >= 11 is 0. The summed E-state index contributed by atoms with van der Waals surface area (Å²) in [5, 5.41) is 17.6. The average Bonchev–Trinajstić information content (AvgIpc) is 1.99. The van der Waals surface area contributed by atoms with Gasteiger partial charge in [-0.15, -0.1) is 0 Å². The van der Waals surface area contributed by atoms with Gasteiger partial charge in [0.25, 0.3) is 5.95 Å². The molecule has 0 saturated heterocycles. The highest BCUT2D eigenvalue weighted by atomic mass is 16.3. The minimum Gasteiger partial charge on any atom is -0.854 e. The molecule has 1 heterocycles. The lowest BCUT2D eigenvalue weighted by Crippen LogP contribution is -2.38. The SMILES string of the molecule is CNc1nc([O-])c(C)[n+](C)n1. The maximum Gasteiger partial charge on any atom is 0.287 e. The van der Waals surface area contributed by atoms with E-state index in [2.05, 4.69) is 15.4 Å². The van der Waals surface area contributed by atoms with Crippen molar-refractivity contribution in [2.45, 2.75) is 6.92 Å². The number of hydrogen-bond donors (Lipinski definition) is 1. The van der Waals surface area contributed by atoms with Crippen LogP contribution in [0.3, 0.4) is 0 Å². The summed E-state index contributed by atoms with van der Waals surface area (Å²) in [5.74, 6) is 0.106. The van der Waals surface area contributed by atoms with Crippen LogP contribution in [0.4, 0.5) is 5.95 Å². The van der Waals surface area contributed by atoms with Gasteiger partial charge < -0.3 is 10.4 Å². The first-order valence-corrected chi connectivity index (χ1v) is 3.25. The van der Waals surface area contributed by atoms with Gasteiger partial charge in [0.2, 0.25) is 5.69 Å². The Morgan fingerprint density at radius 2 is 2.18 bits per heavy atom. The molecule has 11 heavy (non-hydrogen) atoms. The first-order valence-electron chi connectivity index (χ1n) is 3.25. The average molecular weight is 154 g/mol. The van der Waals surface area contributed by atoms with Crippen molar-refractivity contribution in [2.75, 3.05) is 12.4 Å². The molecule has 0 saturated carbocycles. The lowest BCUT2D eigenvalue weighted by Gasteiger charge is -2.05. The maximum atomic E-state index is 11.0. The molecule has 0 atom stereocenters. The Balaban J connectivity index is 3.21.